The summed E-state index contributed by atoms with van der Waals surface area (Å²) in [7, 11) is 0. The Kier molecular flexibility index (Phi) is 2.46. The van der Waals surface area contributed by atoms with E-state index in [0.29, 0.717) is 4.90 Å². The van der Waals surface area contributed by atoms with Gasteiger partial charge in [-0.3, -0.25) is 4.79 Å². The summed E-state index contributed by atoms with van der Waals surface area (Å²) >= 11 is 0. The Bertz CT molecular complexity index is 294. The van der Waals surface area contributed by atoms with E-state index in [2.05, 4.69) is 0 Å². The fourth-order valence-corrected chi connectivity index (χ4v) is 1.27. The number of halogens is 3. The number of alkyl halides is 3. The lowest BCUT2D eigenvalue weighted by atomic mass is 10.0. The van der Waals surface area contributed by atoms with Crippen LogP contribution in [0.2, 0.25) is 0 Å². The zero-order valence-corrected chi connectivity index (χ0v) is 7.14. The number of rotatable bonds is 1. The lowest BCUT2D eigenvalue weighted by molar-refractivity contribution is -0.162. The van der Waals surface area contributed by atoms with E-state index in [1.165, 1.54) is 0 Å². The van der Waals surface area contributed by atoms with Gasteiger partial charge in [0.05, 0.1) is 0 Å². The SMILES string of the molecule is C#C[C@@]1(O)CCN(CC(F)(F)F)C1=O. The molecule has 6 heteroatoms. The maximum absolute atomic E-state index is 11.9. The molecule has 1 N–H and O–H groups in total. The number of amides is 1. The van der Waals surface area contributed by atoms with Gasteiger partial charge in [0.25, 0.3) is 5.91 Å². The topological polar surface area (TPSA) is 40.5 Å². The molecule has 0 aromatic heterocycles. The third-order valence-corrected chi connectivity index (χ3v) is 1.99. The van der Waals surface area contributed by atoms with Crippen LogP contribution >= 0.6 is 0 Å². The van der Waals surface area contributed by atoms with Crippen LogP contribution in [-0.2, 0) is 4.79 Å². The van der Waals surface area contributed by atoms with Gasteiger partial charge in [0, 0.05) is 13.0 Å². The Balaban J connectivity index is 2.72. The van der Waals surface area contributed by atoms with Gasteiger partial charge < -0.3 is 10.0 Å². The summed E-state index contributed by atoms with van der Waals surface area (Å²) in [4.78, 5) is 11.7. The summed E-state index contributed by atoms with van der Waals surface area (Å²) < 4.78 is 35.7. The molecule has 14 heavy (non-hydrogen) atoms. The Hall–Kier alpha value is -1.22. The molecule has 1 heterocycles. The number of carbonyl (C=O) groups excluding carboxylic acids is 1. The third kappa shape index (κ3) is 1.99. The van der Waals surface area contributed by atoms with Gasteiger partial charge in [0.15, 0.2) is 0 Å². The minimum atomic E-state index is -4.46. The summed E-state index contributed by atoms with van der Waals surface area (Å²) in [6, 6.07) is 0. The molecule has 3 nitrogen and oxygen atoms in total. The number of terminal acetylenes is 1. The number of carbonyl (C=O) groups is 1. The van der Waals surface area contributed by atoms with E-state index in [0.717, 1.165) is 0 Å². The molecule has 0 unspecified atom stereocenters. The second-order valence-corrected chi connectivity index (χ2v) is 3.10. The van der Waals surface area contributed by atoms with Gasteiger partial charge in [0.2, 0.25) is 5.60 Å². The van der Waals surface area contributed by atoms with Crippen LogP contribution in [0.3, 0.4) is 0 Å². The van der Waals surface area contributed by atoms with Crippen molar-refractivity contribution in [3.8, 4) is 12.3 Å². The van der Waals surface area contributed by atoms with Crippen molar-refractivity contribution in [2.75, 3.05) is 13.1 Å². The van der Waals surface area contributed by atoms with E-state index in [1.807, 2.05) is 0 Å². The Morgan fingerprint density at radius 1 is 1.64 bits per heavy atom. The maximum atomic E-state index is 11.9. The smallest absolute Gasteiger partial charge is 0.369 e. The third-order valence-electron chi connectivity index (χ3n) is 1.99. The molecule has 1 aliphatic rings. The second-order valence-electron chi connectivity index (χ2n) is 3.10. The lowest BCUT2D eigenvalue weighted by Gasteiger charge is -2.19. The van der Waals surface area contributed by atoms with Gasteiger partial charge in [-0.15, -0.1) is 6.42 Å². The monoisotopic (exact) mass is 207 g/mol. The summed E-state index contributed by atoms with van der Waals surface area (Å²) in [5, 5.41) is 9.34. The zero-order valence-electron chi connectivity index (χ0n) is 7.14. The number of hydrogen-bond acceptors (Lipinski definition) is 2. The Labute approximate surface area is 78.5 Å². The van der Waals surface area contributed by atoms with Crippen LogP contribution in [0.25, 0.3) is 0 Å². The first kappa shape index (κ1) is 10.9. The summed E-state index contributed by atoms with van der Waals surface area (Å²) in [5.74, 6) is 0.759. The molecule has 78 valence electrons. The van der Waals surface area contributed by atoms with Crippen LogP contribution in [0.4, 0.5) is 13.2 Å². The second kappa shape index (κ2) is 3.17. The van der Waals surface area contributed by atoms with Crippen LogP contribution in [0.15, 0.2) is 0 Å². The average molecular weight is 207 g/mol. The van der Waals surface area contributed by atoms with Crippen molar-refractivity contribution in [2.24, 2.45) is 0 Å². The van der Waals surface area contributed by atoms with E-state index in [-0.39, 0.29) is 13.0 Å². The van der Waals surface area contributed by atoms with Crippen LogP contribution in [-0.4, -0.2) is 40.8 Å². The first-order valence-corrected chi connectivity index (χ1v) is 3.85. The number of hydrogen-bond donors (Lipinski definition) is 1. The number of aliphatic hydroxyl groups is 1. The standard InChI is InChI=1S/C8H8F3NO2/c1-2-7(14)3-4-12(6(7)13)5-8(9,10)11/h1,14H,3-5H2/t7-/m1/s1. The van der Waals surface area contributed by atoms with Crippen molar-refractivity contribution in [3.05, 3.63) is 0 Å². The molecule has 1 amide bonds. The van der Waals surface area contributed by atoms with E-state index < -0.39 is 24.2 Å². The molecule has 0 spiro atoms. The van der Waals surface area contributed by atoms with E-state index >= 15 is 0 Å². The molecule has 1 rings (SSSR count). The predicted molar refractivity (Wildman–Crippen MR) is 41.0 cm³/mol. The summed E-state index contributed by atoms with van der Waals surface area (Å²) in [6.07, 6.45) is 0.239. The minimum absolute atomic E-state index is 0.154. The van der Waals surface area contributed by atoms with E-state index in [4.69, 9.17) is 6.42 Å². The van der Waals surface area contributed by atoms with Crippen molar-refractivity contribution in [2.45, 2.75) is 18.2 Å². The first-order chi connectivity index (χ1) is 6.28. The largest absolute Gasteiger partial charge is 0.406 e. The highest BCUT2D eigenvalue weighted by molar-refractivity contribution is 5.90. The highest BCUT2D eigenvalue weighted by Gasteiger charge is 2.47. The van der Waals surface area contributed by atoms with Crippen molar-refractivity contribution in [1.82, 2.24) is 4.90 Å². The number of likely N-dealkylation sites (tertiary alicyclic amines) is 1. The van der Waals surface area contributed by atoms with Gasteiger partial charge >= 0.3 is 6.18 Å². The fraction of sp³-hybridized carbons (Fsp3) is 0.625. The Morgan fingerprint density at radius 2 is 2.21 bits per heavy atom. The van der Waals surface area contributed by atoms with E-state index in [9.17, 15) is 23.1 Å². The van der Waals surface area contributed by atoms with Crippen LogP contribution in [0, 0.1) is 12.3 Å². The molecular weight excluding hydrogens is 199 g/mol. The molecule has 0 bridgehead atoms. The summed E-state index contributed by atoms with van der Waals surface area (Å²) in [6.45, 7) is -1.53. The van der Waals surface area contributed by atoms with Crippen molar-refractivity contribution in [1.29, 1.82) is 0 Å². The molecule has 0 aromatic carbocycles. The zero-order chi connectivity index (χ0) is 11.0. The van der Waals surface area contributed by atoms with Crippen molar-refractivity contribution < 1.29 is 23.1 Å². The fourth-order valence-electron chi connectivity index (χ4n) is 1.27. The van der Waals surface area contributed by atoms with Gasteiger partial charge in [-0.25, -0.2) is 0 Å². The predicted octanol–water partition coefficient (Wildman–Crippen LogP) is 0.145. The highest BCUT2D eigenvalue weighted by Crippen LogP contribution is 2.26. The van der Waals surface area contributed by atoms with Gasteiger partial charge in [-0.05, 0) is 0 Å². The Morgan fingerprint density at radius 3 is 2.57 bits per heavy atom. The highest BCUT2D eigenvalue weighted by atomic mass is 19.4. The van der Waals surface area contributed by atoms with Crippen molar-refractivity contribution >= 4 is 5.91 Å². The molecule has 1 aliphatic heterocycles. The molecule has 0 aromatic rings. The molecule has 1 saturated heterocycles. The van der Waals surface area contributed by atoms with Gasteiger partial charge in [-0.1, -0.05) is 5.92 Å². The first-order valence-electron chi connectivity index (χ1n) is 3.85. The van der Waals surface area contributed by atoms with Crippen LogP contribution in [0.1, 0.15) is 6.42 Å². The molecule has 0 saturated carbocycles. The van der Waals surface area contributed by atoms with Crippen LogP contribution < -0.4 is 0 Å². The van der Waals surface area contributed by atoms with Gasteiger partial charge in [0.1, 0.15) is 6.54 Å². The summed E-state index contributed by atoms with van der Waals surface area (Å²) in [5.41, 5.74) is -2.05. The number of nitrogens with zero attached hydrogens (tertiary/aromatic N) is 1. The van der Waals surface area contributed by atoms with E-state index in [1.54, 1.807) is 5.92 Å². The molecule has 1 fully saturated rings. The van der Waals surface area contributed by atoms with Gasteiger partial charge in [-0.2, -0.15) is 13.2 Å². The van der Waals surface area contributed by atoms with Crippen molar-refractivity contribution in [3.63, 3.8) is 0 Å². The molecule has 0 radical (unpaired) electrons. The lowest BCUT2D eigenvalue weighted by Crippen LogP contribution is -2.42. The maximum Gasteiger partial charge on any atom is 0.406 e. The molecule has 1 atom stereocenters. The quantitative estimate of drug-likeness (QED) is 0.621. The normalized spacial score (nSPS) is 27.9. The van der Waals surface area contributed by atoms with Crippen LogP contribution in [0.5, 0.6) is 0 Å². The minimum Gasteiger partial charge on any atom is -0.369 e. The molecular formula is C8H8F3NO2. The average Bonchev–Trinajstić information content (AvgIpc) is 2.32. The molecule has 0 aliphatic carbocycles.